The minimum Gasteiger partial charge on any atom is -0.494 e. The summed E-state index contributed by atoms with van der Waals surface area (Å²) < 4.78 is 13.6. The highest BCUT2D eigenvalue weighted by atomic mass is 16.5. The molecule has 1 aromatic carbocycles. The lowest BCUT2D eigenvalue weighted by molar-refractivity contribution is 0.303. The average Bonchev–Trinajstić information content (AvgIpc) is 3.06. The third-order valence-electron chi connectivity index (χ3n) is 6.08. The van der Waals surface area contributed by atoms with E-state index in [1.807, 2.05) is 26.0 Å². The highest BCUT2D eigenvalue weighted by molar-refractivity contribution is 5.98. The van der Waals surface area contributed by atoms with Gasteiger partial charge in [-0.05, 0) is 65.9 Å². The SMILES string of the molecule is CCOc1ccc(-n2c(C)c3c(C)nnc(NCCCN(CC)CC)c3c2C)c(OC)c1. The summed E-state index contributed by atoms with van der Waals surface area (Å²) >= 11 is 0. The molecule has 7 nitrogen and oxygen atoms in total. The van der Waals surface area contributed by atoms with Crippen LogP contribution in [0.1, 0.15) is 44.3 Å². The van der Waals surface area contributed by atoms with Crippen molar-refractivity contribution in [2.45, 2.75) is 48.0 Å². The van der Waals surface area contributed by atoms with E-state index in [9.17, 15) is 0 Å². The van der Waals surface area contributed by atoms with Crippen molar-refractivity contribution in [3.05, 3.63) is 35.3 Å². The Morgan fingerprint density at radius 2 is 1.72 bits per heavy atom. The maximum atomic E-state index is 5.72. The van der Waals surface area contributed by atoms with Gasteiger partial charge in [-0.1, -0.05) is 13.8 Å². The molecule has 0 radical (unpaired) electrons. The van der Waals surface area contributed by atoms with Gasteiger partial charge in [0, 0.05) is 34.8 Å². The molecule has 3 rings (SSSR count). The predicted octanol–water partition coefficient (Wildman–Crippen LogP) is 4.90. The molecule has 0 aliphatic rings. The summed E-state index contributed by atoms with van der Waals surface area (Å²) in [5.74, 6) is 2.42. The number of nitrogens with zero attached hydrogens (tertiary/aromatic N) is 4. The molecule has 2 aromatic heterocycles. The van der Waals surface area contributed by atoms with Gasteiger partial charge in [0.15, 0.2) is 5.82 Å². The average molecular weight is 440 g/mol. The minimum absolute atomic E-state index is 0.619. The van der Waals surface area contributed by atoms with Crippen LogP contribution in [-0.2, 0) is 0 Å². The van der Waals surface area contributed by atoms with Crippen molar-refractivity contribution < 1.29 is 9.47 Å². The first-order valence-corrected chi connectivity index (χ1v) is 11.6. The molecule has 7 heteroatoms. The summed E-state index contributed by atoms with van der Waals surface area (Å²) in [7, 11) is 1.69. The third kappa shape index (κ3) is 4.67. The van der Waals surface area contributed by atoms with E-state index in [0.29, 0.717) is 6.61 Å². The van der Waals surface area contributed by atoms with Gasteiger partial charge in [0.05, 0.1) is 25.1 Å². The highest BCUT2D eigenvalue weighted by Crippen LogP contribution is 2.37. The summed E-state index contributed by atoms with van der Waals surface area (Å²) in [6.45, 7) is 17.4. The van der Waals surface area contributed by atoms with Crippen LogP contribution in [0.15, 0.2) is 18.2 Å². The molecule has 0 unspecified atom stereocenters. The smallest absolute Gasteiger partial charge is 0.158 e. The molecule has 0 aliphatic heterocycles. The fourth-order valence-corrected chi connectivity index (χ4v) is 4.43. The van der Waals surface area contributed by atoms with Gasteiger partial charge in [-0.3, -0.25) is 0 Å². The van der Waals surface area contributed by atoms with Crippen LogP contribution in [-0.4, -0.2) is 59.6 Å². The predicted molar refractivity (Wildman–Crippen MR) is 132 cm³/mol. The van der Waals surface area contributed by atoms with E-state index in [4.69, 9.17) is 9.47 Å². The second-order valence-corrected chi connectivity index (χ2v) is 7.96. The first-order chi connectivity index (χ1) is 15.5. The number of aromatic nitrogens is 3. The first kappa shape index (κ1) is 23.9. The molecular weight excluding hydrogens is 402 g/mol. The number of aryl methyl sites for hydroxylation is 3. The Labute approximate surface area is 191 Å². The largest absolute Gasteiger partial charge is 0.494 e. The summed E-state index contributed by atoms with van der Waals surface area (Å²) in [4.78, 5) is 2.43. The molecule has 3 aromatic rings. The normalized spacial score (nSPS) is 11.4. The van der Waals surface area contributed by atoms with Crippen molar-refractivity contribution in [2.75, 3.05) is 45.2 Å². The molecule has 174 valence electrons. The Kier molecular flexibility index (Phi) is 7.96. The first-order valence-electron chi connectivity index (χ1n) is 11.6. The molecule has 0 amide bonds. The quantitative estimate of drug-likeness (QED) is 0.429. The van der Waals surface area contributed by atoms with Crippen LogP contribution in [0.4, 0.5) is 5.82 Å². The number of benzene rings is 1. The number of hydrogen-bond donors (Lipinski definition) is 1. The zero-order valence-electron chi connectivity index (χ0n) is 20.6. The Balaban J connectivity index is 2.00. The Morgan fingerprint density at radius 3 is 2.38 bits per heavy atom. The van der Waals surface area contributed by atoms with Gasteiger partial charge in [-0.25, -0.2) is 0 Å². The monoisotopic (exact) mass is 439 g/mol. The maximum absolute atomic E-state index is 5.72. The molecule has 0 aliphatic carbocycles. The Bertz CT molecular complexity index is 1060. The van der Waals surface area contributed by atoms with Gasteiger partial charge in [0.2, 0.25) is 0 Å². The molecule has 0 saturated carbocycles. The van der Waals surface area contributed by atoms with E-state index in [1.165, 1.54) is 0 Å². The van der Waals surface area contributed by atoms with Crippen LogP contribution >= 0.6 is 0 Å². The Hall–Kier alpha value is -2.80. The molecule has 0 atom stereocenters. The van der Waals surface area contributed by atoms with Crippen LogP contribution in [0.2, 0.25) is 0 Å². The second kappa shape index (κ2) is 10.7. The van der Waals surface area contributed by atoms with Crippen LogP contribution in [0, 0.1) is 20.8 Å². The van der Waals surface area contributed by atoms with E-state index in [2.05, 4.69) is 58.7 Å². The fraction of sp³-hybridized carbons (Fsp3) is 0.520. The highest BCUT2D eigenvalue weighted by Gasteiger charge is 2.21. The summed E-state index contributed by atoms with van der Waals surface area (Å²) in [5.41, 5.74) is 4.15. The number of ether oxygens (including phenoxy) is 2. The summed E-state index contributed by atoms with van der Waals surface area (Å²) in [5, 5.41) is 14.8. The maximum Gasteiger partial charge on any atom is 0.158 e. The van der Waals surface area contributed by atoms with Gasteiger partial charge in [-0.2, -0.15) is 5.10 Å². The van der Waals surface area contributed by atoms with Crippen LogP contribution in [0.3, 0.4) is 0 Å². The molecule has 0 bridgehead atoms. The van der Waals surface area contributed by atoms with Gasteiger partial charge >= 0.3 is 0 Å². The van der Waals surface area contributed by atoms with Crippen molar-refractivity contribution in [1.29, 1.82) is 0 Å². The summed E-state index contributed by atoms with van der Waals surface area (Å²) in [6, 6.07) is 5.98. The molecule has 0 saturated heterocycles. The standard InChI is InChI=1S/C25H37N5O2/c1-8-29(9-2)15-11-14-26-25-24-19(6)30(18(5)23(24)17(4)27-28-25)21-13-12-20(32-10-3)16-22(21)31-7/h12-13,16H,8-11,14-15H2,1-7H3,(H,26,28). The molecule has 0 fully saturated rings. The zero-order chi connectivity index (χ0) is 23.3. The van der Waals surface area contributed by atoms with Crippen molar-refractivity contribution in [2.24, 2.45) is 0 Å². The minimum atomic E-state index is 0.619. The lowest BCUT2D eigenvalue weighted by Gasteiger charge is -2.18. The van der Waals surface area contributed by atoms with E-state index in [-0.39, 0.29) is 0 Å². The van der Waals surface area contributed by atoms with Crippen molar-refractivity contribution in [3.8, 4) is 17.2 Å². The van der Waals surface area contributed by atoms with Crippen LogP contribution in [0.5, 0.6) is 11.5 Å². The number of methoxy groups -OCH3 is 1. The van der Waals surface area contributed by atoms with Gasteiger partial charge in [0.1, 0.15) is 11.5 Å². The van der Waals surface area contributed by atoms with Gasteiger partial charge < -0.3 is 24.3 Å². The van der Waals surface area contributed by atoms with Crippen molar-refractivity contribution in [3.63, 3.8) is 0 Å². The molecule has 2 heterocycles. The summed E-state index contributed by atoms with van der Waals surface area (Å²) in [6.07, 6.45) is 1.06. The van der Waals surface area contributed by atoms with Crippen molar-refractivity contribution in [1.82, 2.24) is 19.7 Å². The number of nitrogens with one attached hydrogen (secondary N) is 1. The van der Waals surface area contributed by atoms with Crippen LogP contribution in [0.25, 0.3) is 16.5 Å². The van der Waals surface area contributed by atoms with E-state index in [1.54, 1.807) is 7.11 Å². The number of rotatable bonds is 11. The van der Waals surface area contributed by atoms with E-state index >= 15 is 0 Å². The lowest BCUT2D eigenvalue weighted by atomic mass is 10.1. The zero-order valence-corrected chi connectivity index (χ0v) is 20.6. The molecule has 1 N–H and O–H groups in total. The van der Waals surface area contributed by atoms with E-state index < -0.39 is 0 Å². The van der Waals surface area contributed by atoms with Crippen LogP contribution < -0.4 is 14.8 Å². The second-order valence-electron chi connectivity index (χ2n) is 7.96. The number of hydrogen-bond acceptors (Lipinski definition) is 6. The third-order valence-corrected chi connectivity index (χ3v) is 6.08. The number of anilines is 1. The van der Waals surface area contributed by atoms with Gasteiger partial charge in [-0.15, -0.1) is 5.10 Å². The number of fused-ring (bicyclic) bond motifs is 1. The molecule has 32 heavy (non-hydrogen) atoms. The lowest BCUT2D eigenvalue weighted by Crippen LogP contribution is -2.25. The van der Waals surface area contributed by atoms with Crippen molar-refractivity contribution >= 4 is 16.6 Å². The fourth-order valence-electron chi connectivity index (χ4n) is 4.43. The topological polar surface area (TPSA) is 64.4 Å². The molecular formula is C25H37N5O2. The van der Waals surface area contributed by atoms with E-state index in [0.717, 1.165) is 83.5 Å². The Morgan fingerprint density at radius 1 is 1.00 bits per heavy atom. The molecule has 0 spiro atoms. The van der Waals surface area contributed by atoms with Gasteiger partial charge in [0.25, 0.3) is 0 Å².